The normalized spacial score (nSPS) is 11.3. The summed E-state index contributed by atoms with van der Waals surface area (Å²) in [6.07, 6.45) is -4.65. The van der Waals surface area contributed by atoms with Gasteiger partial charge in [0.1, 0.15) is 12.4 Å². The fraction of sp³-hybridized carbons (Fsp3) is 0.600. The van der Waals surface area contributed by atoms with E-state index in [-0.39, 0.29) is 12.4 Å². The number of rotatable bonds is 7. The third-order valence-corrected chi connectivity index (χ3v) is 2.94. The van der Waals surface area contributed by atoms with Crippen LogP contribution in [-0.4, -0.2) is 68.5 Å². The molecule has 0 bridgehead atoms. The molecule has 25 heavy (non-hydrogen) atoms. The fourth-order valence-electron chi connectivity index (χ4n) is 1.45. The molecule has 0 N–H and O–H groups in total. The smallest absolute Gasteiger partial charge is 0.416 e. The maximum atomic E-state index is 12.6. The van der Waals surface area contributed by atoms with E-state index in [1.54, 1.807) is 19.0 Å². The first-order chi connectivity index (χ1) is 11.5. The lowest BCUT2D eigenvalue weighted by atomic mass is 10.2. The van der Waals surface area contributed by atoms with Crippen LogP contribution in [0, 0.1) is 10.1 Å². The van der Waals surface area contributed by atoms with Gasteiger partial charge >= 0.3 is 6.18 Å². The Morgan fingerprint density at radius 3 is 2.04 bits per heavy atom. The number of nitro benzene ring substituents is 1. The van der Waals surface area contributed by atoms with Crippen LogP contribution in [0.5, 0.6) is 5.75 Å². The Bertz CT molecular complexity index is 540. The van der Waals surface area contributed by atoms with Crippen LogP contribution < -0.4 is 4.74 Å². The lowest BCUT2D eigenvalue weighted by Crippen LogP contribution is -2.19. The largest absolute Gasteiger partial charge is 0.492 e. The minimum absolute atomic E-state index is 0.144. The molecule has 0 aliphatic carbocycles. The number of hydrogen-bond donors (Lipinski definition) is 0. The van der Waals surface area contributed by atoms with Crippen LogP contribution in [0.2, 0.25) is 0 Å². The Hall–Kier alpha value is -1.58. The molecule has 0 atom stereocenters. The predicted octanol–water partition coefficient (Wildman–Crippen LogP) is 3.34. The number of nitrogens with zero attached hydrogens (tertiary/aromatic N) is 3. The highest BCUT2D eigenvalue weighted by atomic mass is 35.5. The fourth-order valence-corrected chi connectivity index (χ4v) is 1.79. The molecule has 144 valence electrons. The van der Waals surface area contributed by atoms with Gasteiger partial charge in [-0.3, -0.25) is 10.1 Å². The first-order valence-electron chi connectivity index (χ1n) is 7.32. The molecule has 0 fully saturated rings. The highest BCUT2D eigenvalue weighted by molar-refractivity contribution is 6.18. The van der Waals surface area contributed by atoms with E-state index in [0.29, 0.717) is 12.6 Å². The van der Waals surface area contributed by atoms with Crippen molar-refractivity contribution in [1.29, 1.82) is 0 Å². The molecule has 1 aromatic rings. The van der Waals surface area contributed by atoms with Gasteiger partial charge in [0, 0.05) is 25.0 Å². The Labute approximate surface area is 150 Å². The van der Waals surface area contributed by atoms with E-state index in [4.69, 9.17) is 16.3 Å². The van der Waals surface area contributed by atoms with Crippen molar-refractivity contribution in [2.45, 2.75) is 6.18 Å². The van der Waals surface area contributed by atoms with E-state index < -0.39 is 22.4 Å². The van der Waals surface area contributed by atoms with E-state index in [1.807, 2.05) is 19.0 Å². The molecule has 0 amide bonds. The number of hydrogen-bond acceptors (Lipinski definition) is 5. The highest BCUT2D eigenvalue weighted by Gasteiger charge is 2.33. The molecule has 0 saturated heterocycles. The quantitative estimate of drug-likeness (QED) is 0.409. The second-order valence-electron chi connectivity index (χ2n) is 5.61. The van der Waals surface area contributed by atoms with Gasteiger partial charge in [0.25, 0.3) is 5.69 Å². The van der Waals surface area contributed by atoms with Crippen molar-refractivity contribution in [3.8, 4) is 5.75 Å². The number of alkyl halides is 4. The molecule has 0 aromatic heterocycles. The van der Waals surface area contributed by atoms with Gasteiger partial charge in [-0.05, 0) is 34.3 Å². The zero-order chi connectivity index (χ0) is 19.6. The van der Waals surface area contributed by atoms with E-state index in [1.165, 1.54) is 0 Å². The number of likely N-dealkylation sites (N-methyl/N-ethyl adjacent to an activating group) is 1. The zero-order valence-electron chi connectivity index (χ0n) is 14.6. The van der Waals surface area contributed by atoms with Crippen molar-refractivity contribution in [1.82, 2.24) is 9.80 Å². The van der Waals surface area contributed by atoms with Gasteiger partial charge in [0.05, 0.1) is 16.6 Å². The number of halogens is 4. The first-order valence-corrected chi connectivity index (χ1v) is 7.85. The maximum absolute atomic E-state index is 12.6. The van der Waals surface area contributed by atoms with Gasteiger partial charge in [0.2, 0.25) is 0 Å². The molecule has 0 radical (unpaired) electrons. The second kappa shape index (κ2) is 11.1. The summed E-state index contributed by atoms with van der Waals surface area (Å²) in [6.45, 7) is 1.61. The SMILES string of the molecule is CN(C)CCCl.CN(C)CCOc1cc([N+](=O)[O-])cc(C(F)(F)F)c1. The third-order valence-electron chi connectivity index (χ3n) is 2.77. The van der Waals surface area contributed by atoms with Crippen LogP contribution in [0.25, 0.3) is 0 Å². The van der Waals surface area contributed by atoms with Gasteiger partial charge in [0.15, 0.2) is 0 Å². The van der Waals surface area contributed by atoms with Crippen LogP contribution >= 0.6 is 11.6 Å². The van der Waals surface area contributed by atoms with Crippen molar-refractivity contribution in [3.63, 3.8) is 0 Å². The molecule has 0 saturated carbocycles. The molecule has 0 aliphatic rings. The third kappa shape index (κ3) is 10.8. The Balaban J connectivity index is 0.000000823. The number of non-ortho nitro benzene ring substituents is 1. The minimum atomic E-state index is -4.65. The summed E-state index contributed by atoms with van der Waals surface area (Å²) < 4.78 is 42.8. The zero-order valence-corrected chi connectivity index (χ0v) is 15.4. The summed E-state index contributed by atoms with van der Waals surface area (Å²) in [5.41, 5.74) is -1.74. The Kier molecular flexibility index (Phi) is 10.4. The minimum Gasteiger partial charge on any atom is -0.492 e. The van der Waals surface area contributed by atoms with Crippen molar-refractivity contribution >= 4 is 17.3 Å². The molecule has 10 heteroatoms. The highest BCUT2D eigenvalue weighted by Crippen LogP contribution is 2.34. The van der Waals surface area contributed by atoms with Gasteiger partial charge in [-0.25, -0.2) is 0 Å². The molecule has 0 unspecified atom stereocenters. The van der Waals surface area contributed by atoms with Crippen LogP contribution in [0.1, 0.15) is 5.56 Å². The average Bonchev–Trinajstić information content (AvgIpc) is 2.46. The average molecular weight is 386 g/mol. The topological polar surface area (TPSA) is 58.8 Å². The van der Waals surface area contributed by atoms with Crippen molar-refractivity contribution in [3.05, 3.63) is 33.9 Å². The van der Waals surface area contributed by atoms with E-state index in [9.17, 15) is 23.3 Å². The predicted molar refractivity (Wildman–Crippen MR) is 91.4 cm³/mol. The lowest BCUT2D eigenvalue weighted by Gasteiger charge is -2.12. The van der Waals surface area contributed by atoms with Gasteiger partial charge < -0.3 is 14.5 Å². The second-order valence-corrected chi connectivity index (χ2v) is 5.99. The number of nitro groups is 1. The lowest BCUT2D eigenvalue weighted by molar-refractivity contribution is -0.385. The summed E-state index contributed by atoms with van der Waals surface area (Å²) in [5, 5.41) is 10.6. The molecule has 0 heterocycles. The van der Waals surface area contributed by atoms with Gasteiger partial charge in [-0.1, -0.05) is 0 Å². The summed E-state index contributed by atoms with van der Waals surface area (Å²) in [4.78, 5) is 13.5. The molecule has 0 aliphatic heterocycles. The molecular weight excluding hydrogens is 363 g/mol. The summed E-state index contributed by atoms with van der Waals surface area (Å²) >= 11 is 5.35. The molecular formula is C15H23ClF3N3O3. The van der Waals surface area contributed by atoms with Crippen molar-refractivity contribution < 1.29 is 22.8 Å². The van der Waals surface area contributed by atoms with E-state index in [2.05, 4.69) is 0 Å². The first kappa shape index (κ1) is 23.4. The van der Waals surface area contributed by atoms with Crippen LogP contribution in [0.15, 0.2) is 18.2 Å². The molecule has 0 spiro atoms. The van der Waals surface area contributed by atoms with Gasteiger partial charge in [-0.2, -0.15) is 13.2 Å². The molecule has 6 nitrogen and oxygen atoms in total. The van der Waals surface area contributed by atoms with E-state index in [0.717, 1.165) is 24.6 Å². The summed E-state index contributed by atoms with van der Waals surface area (Å²) in [5.74, 6) is 0.566. The van der Waals surface area contributed by atoms with Crippen LogP contribution in [0.3, 0.4) is 0 Å². The monoisotopic (exact) mass is 385 g/mol. The van der Waals surface area contributed by atoms with Crippen LogP contribution in [-0.2, 0) is 6.18 Å². The summed E-state index contributed by atoms with van der Waals surface area (Å²) in [7, 11) is 7.56. The molecule has 1 rings (SSSR count). The van der Waals surface area contributed by atoms with Crippen LogP contribution in [0.4, 0.5) is 18.9 Å². The number of benzene rings is 1. The van der Waals surface area contributed by atoms with Crippen molar-refractivity contribution in [2.75, 3.05) is 53.8 Å². The maximum Gasteiger partial charge on any atom is 0.416 e. The summed E-state index contributed by atoms with van der Waals surface area (Å²) in [6, 6.07) is 2.21. The van der Waals surface area contributed by atoms with Crippen molar-refractivity contribution in [2.24, 2.45) is 0 Å². The Morgan fingerprint density at radius 1 is 1.12 bits per heavy atom. The standard InChI is InChI=1S/C11H13F3N2O3.C4H10ClN/c1-15(2)3-4-19-10-6-8(11(12,13)14)5-9(7-10)16(17)18;1-6(2)4-3-5/h5-7H,3-4H2,1-2H3;3-4H2,1-2H3. The molecule has 1 aromatic carbocycles. The number of ether oxygens (including phenoxy) is 1. The Morgan fingerprint density at radius 2 is 1.68 bits per heavy atom. The van der Waals surface area contributed by atoms with E-state index >= 15 is 0 Å². The van der Waals surface area contributed by atoms with Gasteiger partial charge in [-0.15, -0.1) is 11.6 Å².